The van der Waals surface area contributed by atoms with Crippen LogP contribution in [0.15, 0.2) is 57.3 Å². The van der Waals surface area contributed by atoms with E-state index in [1.54, 1.807) is 35.2 Å². The van der Waals surface area contributed by atoms with Gasteiger partial charge in [0.15, 0.2) is 4.34 Å². The molecule has 0 saturated heterocycles. The van der Waals surface area contributed by atoms with Crippen molar-refractivity contribution < 1.29 is 8.81 Å². The number of hydrogen-bond donors (Lipinski definition) is 0. The van der Waals surface area contributed by atoms with Gasteiger partial charge in [-0.2, -0.15) is 0 Å². The molecular weight excluding hydrogens is 345 g/mol. The molecule has 2 aromatic heterocycles. The van der Waals surface area contributed by atoms with Gasteiger partial charge < -0.3 is 4.42 Å². The van der Waals surface area contributed by atoms with Crippen molar-refractivity contribution in [2.24, 2.45) is 0 Å². The van der Waals surface area contributed by atoms with Gasteiger partial charge in [0.1, 0.15) is 5.82 Å². The fraction of sp³-hybridized carbons (Fsp3) is 0.118. The molecule has 0 spiro atoms. The maximum Gasteiger partial charge on any atom is 0.247 e. The van der Waals surface area contributed by atoms with Crippen LogP contribution in [0.25, 0.3) is 21.7 Å². The Morgan fingerprint density at radius 3 is 2.67 bits per heavy atom. The van der Waals surface area contributed by atoms with Crippen LogP contribution in [0, 0.1) is 5.82 Å². The predicted molar refractivity (Wildman–Crippen MR) is 93.6 cm³/mol. The third-order valence-corrected chi connectivity index (χ3v) is 5.65. The van der Waals surface area contributed by atoms with E-state index >= 15 is 0 Å². The van der Waals surface area contributed by atoms with Crippen molar-refractivity contribution >= 4 is 33.3 Å². The average molecular weight is 357 g/mol. The molecule has 0 amide bonds. The first-order valence-electron chi connectivity index (χ1n) is 7.30. The third kappa shape index (κ3) is 3.05. The van der Waals surface area contributed by atoms with E-state index < -0.39 is 0 Å². The molecule has 2 heterocycles. The Labute approximate surface area is 145 Å². The van der Waals surface area contributed by atoms with Crippen LogP contribution in [-0.2, 0) is 0 Å². The normalized spacial score (nSPS) is 12.6. The summed E-state index contributed by atoms with van der Waals surface area (Å²) in [6.45, 7) is 2.00. The minimum absolute atomic E-state index is 0.0211. The zero-order valence-electron chi connectivity index (χ0n) is 12.6. The van der Waals surface area contributed by atoms with Gasteiger partial charge in [-0.05, 0) is 43.3 Å². The van der Waals surface area contributed by atoms with Gasteiger partial charge in [-0.1, -0.05) is 23.9 Å². The van der Waals surface area contributed by atoms with Gasteiger partial charge in [0.25, 0.3) is 0 Å². The number of hydrogen-bond acceptors (Lipinski definition) is 6. The molecule has 0 unspecified atom stereocenters. The fourth-order valence-corrected chi connectivity index (χ4v) is 4.45. The van der Waals surface area contributed by atoms with Gasteiger partial charge in [-0.25, -0.2) is 9.37 Å². The lowest BCUT2D eigenvalue weighted by molar-refractivity contribution is 0.509. The van der Waals surface area contributed by atoms with Crippen LogP contribution < -0.4 is 0 Å². The Morgan fingerprint density at radius 2 is 1.88 bits per heavy atom. The lowest BCUT2D eigenvalue weighted by Crippen LogP contribution is -1.88. The molecule has 2 aromatic carbocycles. The second-order valence-corrected chi connectivity index (χ2v) is 7.78. The van der Waals surface area contributed by atoms with Crippen molar-refractivity contribution in [3.8, 4) is 11.5 Å². The van der Waals surface area contributed by atoms with Crippen LogP contribution in [0.3, 0.4) is 0 Å². The van der Waals surface area contributed by atoms with E-state index in [0.29, 0.717) is 17.3 Å². The minimum Gasteiger partial charge on any atom is -0.419 e. The van der Waals surface area contributed by atoms with E-state index in [4.69, 9.17) is 4.42 Å². The van der Waals surface area contributed by atoms with Gasteiger partial charge in [0.2, 0.25) is 11.8 Å². The Bertz CT molecular complexity index is 948. The van der Waals surface area contributed by atoms with Crippen LogP contribution >= 0.6 is 23.1 Å². The van der Waals surface area contributed by atoms with Crippen molar-refractivity contribution in [2.45, 2.75) is 16.5 Å². The first-order valence-corrected chi connectivity index (χ1v) is 9.00. The summed E-state index contributed by atoms with van der Waals surface area (Å²) in [6.07, 6.45) is 0. The van der Waals surface area contributed by atoms with E-state index in [9.17, 15) is 4.39 Å². The van der Waals surface area contributed by atoms with Crippen molar-refractivity contribution in [1.29, 1.82) is 0 Å². The minimum atomic E-state index is -0.293. The fourth-order valence-electron chi connectivity index (χ4n) is 2.21. The highest BCUT2D eigenvalue weighted by molar-refractivity contribution is 8.01. The summed E-state index contributed by atoms with van der Waals surface area (Å²) in [5, 5.41) is 8.14. The predicted octanol–water partition coefficient (Wildman–Crippen LogP) is 5.34. The molecule has 0 N–H and O–H groups in total. The summed E-state index contributed by atoms with van der Waals surface area (Å²) < 4.78 is 20.8. The summed E-state index contributed by atoms with van der Waals surface area (Å²) in [6, 6.07) is 14.0. The van der Waals surface area contributed by atoms with Crippen LogP contribution in [0.4, 0.5) is 4.39 Å². The Hall–Kier alpha value is -2.25. The molecule has 120 valence electrons. The summed E-state index contributed by atoms with van der Waals surface area (Å²) >= 11 is 3.23. The number of benzene rings is 2. The second-order valence-electron chi connectivity index (χ2n) is 5.16. The molecule has 7 heteroatoms. The van der Waals surface area contributed by atoms with Crippen LogP contribution in [-0.4, -0.2) is 15.2 Å². The van der Waals surface area contributed by atoms with E-state index in [1.807, 2.05) is 25.1 Å². The maximum atomic E-state index is 13.0. The van der Waals surface area contributed by atoms with Gasteiger partial charge in [-0.3, -0.25) is 0 Å². The molecule has 0 bridgehead atoms. The van der Waals surface area contributed by atoms with Gasteiger partial charge in [-0.15, -0.1) is 21.5 Å². The van der Waals surface area contributed by atoms with Crippen molar-refractivity contribution in [1.82, 2.24) is 15.2 Å². The third-order valence-electron chi connectivity index (χ3n) is 3.43. The topological polar surface area (TPSA) is 51.8 Å². The smallest absolute Gasteiger partial charge is 0.247 e. The lowest BCUT2D eigenvalue weighted by atomic mass is 10.2. The first kappa shape index (κ1) is 15.3. The van der Waals surface area contributed by atoms with E-state index in [0.717, 1.165) is 14.6 Å². The van der Waals surface area contributed by atoms with Crippen molar-refractivity contribution in [3.05, 3.63) is 60.2 Å². The highest BCUT2D eigenvalue weighted by Crippen LogP contribution is 2.38. The molecule has 0 fully saturated rings. The molecule has 4 nitrogen and oxygen atoms in total. The summed E-state index contributed by atoms with van der Waals surface area (Å²) in [4.78, 5) is 4.60. The number of thioether (sulfide) groups is 1. The maximum absolute atomic E-state index is 13.0. The first-order chi connectivity index (χ1) is 11.7. The molecule has 0 radical (unpaired) electrons. The highest BCUT2D eigenvalue weighted by Gasteiger charge is 2.18. The quantitative estimate of drug-likeness (QED) is 0.462. The van der Waals surface area contributed by atoms with E-state index in [-0.39, 0.29) is 11.1 Å². The molecule has 1 atom stereocenters. The Kier molecular flexibility index (Phi) is 4.03. The number of halogens is 1. The molecule has 0 aliphatic heterocycles. The SMILES string of the molecule is C[C@@H](Sc1nc2ccccc2s1)c1nnc(-c2ccc(F)cc2)o1. The zero-order valence-corrected chi connectivity index (χ0v) is 14.3. The average Bonchev–Trinajstić information content (AvgIpc) is 3.21. The highest BCUT2D eigenvalue weighted by atomic mass is 32.2. The van der Waals surface area contributed by atoms with Gasteiger partial charge >= 0.3 is 0 Å². The summed E-state index contributed by atoms with van der Waals surface area (Å²) in [5.41, 5.74) is 1.70. The monoisotopic (exact) mass is 357 g/mol. The number of para-hydroxylation sites is 1. The summed E-state index contributed by atoms with van der Waals surface area (Å²) in [5.74, 6) is 0.624. The number of thiazole rings is 1. The van der Waals surface area contributed by atoms with E-state index in [1.165, 1.54) is 12.1 Å². The van der Waals surface area contributed by atoms with Crippen LogP contribution in [0.5, 0.6) is 0 Å². The van der Waals surface area contributed by atoms with E-state index in [2.05, 4.69) is 21.2 Å². The number of rotatable bonds is 4. The Balaban J connectivity index is 1.54. The number of nitrogens with zero attached hydrogens (tertiary/aromatic N) is 3. The lowest BCUT2D eigenvalue weighted by Gasteiger charge is -2.02. The van der Waals surface area contributed by atoms with Gasteiger partial charge in [0.05, 0.1) is 15.5 Å². The molecule has 4 aromatic rings. The number of aromatic nitrogens is 3. The van der Waals surface area contributed by atoms with Gasteiger partial charge in [0, 0.05) is 5.56 Å². The summed E-state index contributed by atoms with van der Waals surface area (Å²) in [7, 11) is 0. The molecule has 0 saturated carbocycles. The molecule has 4 rings (SSSR count). The second kappa shape index (κ2) is 6.33. The zero-order chi connectivity index (χ0) is 16.5. The van der Waals surface area contributed by atoms with Crippen LogP contribution in [0.2, 0.25) is 0 Å². The largest absolute Gasteiger partial charge is 0.419 e. The molecular formula is C17H12FN3OS2. The van der Waals surface area contributed by atoms with Crippen LogP contribution in [0.1, 0.15) is 18.1 Å². The standard InChI is InChI=1S/C17H12FN3OS2/c1-10(23-17-19-13-4-2-3-5-14(13)24-17)15-20-21-16(22-15)11-6-8-12(18)9-7-11/h2-10H,1H3/t10-/m1/s1. The number of fused-ring (bicyclic) bond motifs is 1. The molecule has 24 heavy (non-hydrogen) atoms. The molecule has 0 aliphatic rings. The molecule has 0 aliphatic carbocycles. The van der Waals surface area contributed by atoms with Crippen molar-refractivity contribution in [2.75, 3.05) is 0 Å². The van der Waals surface area contributed by atoms with Crippen molar-refractivity contribution in [3.63, 3.8) is 0 Å². The Morgan fingerprint density at radius 1 is 1.08 bits per heavy atom.